The van der Waals surface area contributed by atoms with Crippen LogP contribution >= 0.6 is 0 Å². The Kier molecular flexibility index (Phi) is 3.62. The third kappa shape index (κ3) is 2.69. The highest BCUT2D eigenvalue weighted by atomic mass is 16.3. The number of hydrogen-bond donors (Lipinski definition) is 2. The molecule has 122 valence electrons. The SMILES string of the molecule is Nc1ncccc1CN1CCc2nc(-c3ccco3)[nH]c(=O)c2C1. The van der Waals surface area contributed by atoms with Gasteiger partial charge in [-0.3, -0.25) is 9.69 Å². The van der Waals surface area contributed by atoms with Crippen LogP contribution in [-0.4, -0.2) is 26.4 Å². The Balaban J connectivity index is 1.60. The molecule has 7 nitrogen and oxygen atoms in total. The first-order valence-electron chi connectivity index (χ1n) is 7.78. The molecule has 0 aliphatic carbocycles. The summed E-state index contributed by atoms with van der Waals surface area (Å²) < 4.78 is 5.31. The summed E-state index contributed by atoms with van der Waals surface area (Å²) in [4.78, 5) is 26.1. The molecule has 3 N–H and O–H groups in total. The first-order chi connectivity index (χ1) is 11.7. The molecular weight excluding hydrogens is 306 g/mol. The molecular formula is C17H17N5O2. The Morgan fingerprint density at radius 1 is 1.33 bits per heavy atom. The Morgan fingerprint density at radius 2 is 2.25 bits per heavy atom. The first-order valence-corrected chi connectivity index (χ1v) is 7.78. The molecule has 24 heavy (non-hydrogen) atoms. The summed E-state index contributed by atoms with van der Waals surface area (Å²) in [6, 6.07) is 7.38. The molecule has 0 saturated heterocycles. The van der Waals surface area contributed by atoms with Crippen molar-refractivity contribution >= 4 is 5.82 Å². The second-order valence-electron chi connectivity index (χ2n) is 5.83. The Morgan fingerprint density at radius 3 is 3.04 bits per heavy atom. The van der Waals surface area contributed by atoms with E-state index in [1.807, 2.05) is 12.1 Å². The molecule has 0 radical (unpaired) electrons. The highest BCUT2D eigenvalue weighted by Crippen LogP contribution is 2.21. The number of nitrogens with one attached hydrogen (secondary N) is 1. The summed E-state index contributed by atoms with van der Waals surface area (Å²) >= 11 is 0. The Hall–Kier alpha value is -2.93. The quantitative estimate of drug-likeness (QED) is 0.758. The van der Waals surface area contributed by atoms with E-state index < -0.39 is 0 Å². The molecule has 3 aromatic rings. The van der Waals surface area contributed by atoms with Gasteiger partial charge in [0.25, 0.3) is 5.56 Å². The van der Waals surface area contributed by atoms with E-state index in [9.17, 15) is 4.79 Å². The maximum absolute atomic E-state index is 12.4. The van der Waals surface area contributed by atoms with Crippen LogP contribution in [0.25, 0.3) is 11.6 Å². The van der Waals surface area contributed by atoms with Crippen LogP contribution in [0.2, 0.25) is 0 Å². The zero-order valence-electron chi connectivity index (χ0n) is 13.0. The van der Waals surface area contributed by atoms with Crippen LogP contribution in [0.3, 0.4) is 0 Å². The van der Waals surface area contributed by atoms with Crippen molar-refractivity contribution in [3.8, 4) is 11.6 Å². The number of nitrogens with zero attached hydrogens (tertiary/aromatic N) is 3. The molecule has 0 fully saturated rings. The van der Waals surface area contributed by atoms with E-state index in [0.29, 0.717) is 42.5 Å². The molecule has 4 rings (SSSR count). The Labute approximate surface area is 138 Å². The zero-order chi connectivity index (χ0) is 16.5. The predicted molar refractivity (Wildman–Crippen MR) is 89.0 cm³/mol. The van der Waals surface area contributed by atoms with Crippen molar-refractivity contribution in [3.63, 3.8) is 0 Å². The molecule has 1 aliphatic rings. The van der Waals surface area contributed by atoms with E-state index in [2.05, 4.69) is 19.9 Å². The standard InChI is InChI=1S/C17H17N5O2/c18-15-11(3-1-6-19-15)9-22-7-5-13-12(10-22)17(23)21-16(20-13)14-4-2-8-24-14/h1-4,6,8H,5,7,9-10H2,(H2,18,19)(H,20,21,23). The number of nitrogens with two attached hydrogens (primary N) is 1. The third-order valence-corrected chi connectivity index (χ3v) is 4.22. The minimum atomic E-state index is -0.116. The highest BCUT2D eigenvalue weighted by Gasteiger charge is 2.22. The fourth-order valence-corrected chi connectivity index (χ4v) is 2.97. The lowest BCUT2D eigenvalue weighted by Crippen LogP contribution is -2.35. The van der Waals surface area contributed by atoms with E-state index in [1.165, 1.54) is 0 Å². The van der Waals surface area contributed by atoms with Gasteiger partial charge in [-0.25, -0.2) is 9.97 Å². The first kappa shape index (κ1) is 14.6. The van der Waals surface area contributed by atoms with Gasteiger partial charge in [-0.15, -0.1) is 0 Å². The van der Waals surface area contributed by atoms with E-state index in [0.717, 1.165) is 17.8 Å². The molecule has 0 aromatic carbocycles. The molecule has 0 spiro atoms. The number of H-pyrrole nitrogens is 1. The van der Waals surface area contributed by atoms with Gasteiger partial charge in [0.15, 0.2) is 11.6 Å². The molecule has 0 atom stereocenters. The van der Waals surface area contributed by atoms with Gasteiger partial charge in [-0.05, 0) is 18.2 Å². The molecule has 3 aromatic heterocycles. The van der Waals surface area contributed by atoms with Gasteiger partial charge in [0.05, 0.1) is 17.5 Å². The number of furan rings is 1. The number of aromatic amines is 1. The van der Waals surface area contributed by atoms with Gasteiger partial charge in [0, 0.05) is 37.8 Å². The number of nitrogen functional groups attached to an aromatic ring is 1. The van der Waals surface area contributed by atoms with Crippen LogP contribution in [0.15, 0.2) is 45.9 Å². The summed E-state index contributed by atoms with van der Waals surface area (Å²) in [6.45, 7) is 2.03. The van der Waals surface area contributed by atoms with Gasteiger partial charge in [0.2, 0.25) is 0 Å². The highest BCUT2D eigenvalue weighted by molar-refractivity contribution is 5.47. The molecule has 0 saturated carbocycles. The summed E-state index contributed by atoms with van der Waals surface area (Å²) in [5, 5.41) is 0. The lowest BCUT2D eigenvalue weighted by Gasteiger charge is -2.27. The number of hydrogen-bond acceptors (Lipinski definition) is 6. The van der Waals surface area contributed by atoms with Crippen LogP contribution in [0.1, 0.15) is 16.8 Å². The molecule has 4 heterocycles. The van der Waals surface area contributed by atoms with Gasteiger partial charge < -0.3 is 15.1 Å². The van der Waals surface area contributed by atoms with E-state index in [4.69, 9.17) is 10.2 Å². The van der Waals surface area contributed by atoms with Crippen molar-refractivity contribution in [2.75, 3.05) is 12.3 Å². The number of pyridine rings is 1. The van der Waals surface area contributed by atoms with Gasteiger partial charge in [-0.2, -0.15) is 0 Å². The average Bonchev–Trinajstić information content (AvgIpc) is 3.12. The van der Waals surface area contributed by atoms with Gasteiger partial charge in [0.1, 0.15) is 5.82 Å². The largest absolute Gasteiger partial charge is 0.461 e. The van der Waals surface area contributed by atoms with Crippen LogP contribution < -0.4 is 11.3 Å². The van der Waals surface area contributed by atoms with Crippen molar-refractivity contribution in [2.45, 2.75) is 19.5 Å². The van der Waals surface area contributed by atoms with E-state index >= 15 is 0 Å². The smallest absolute Gasteiger partial charge is 0.256 e. The van der Waals surface area contributed by atoms with Gasteiger partial charge in [-0.1, -0.05) is 6.07 Å². The molecule has 7 heteroatoms. The summed E-state index contributed by atoms with van der Waals surface area (Å²) in [5.74, 6) is 1.58. The monoisotopic (exact) mass is 323 g/mol. The van der Waals surface area contributed by atoms with Crippen LogP contribution in [-0.2, 0) is 19.5 Å². The van der Waals surface area contributed by atoms with Gasteiger partial charge >= 0.3 is 0 Å². The zero-order valence-corrected chi connectivity index (χ0v) is 13.0. The topological polar surface area (TPSA) is 101 Å². The van der Waals surface area contributed by atoms with Crippen molar-refractivity contribution in [1.82, 2.24) is 19.9 Å². The number of fused-ring (bicyclic) bond motifs is 1. The summed E-state index contributed by atoms with van der Waals surface area (Å²) in [5.41, 5.74) is 8.30. The van der Waals surface area contributed by atoms with Crippen molar-refractivity contribution in [2.24, 2.45) is 0 Å². The minimum absolute atomic E-state index is 0.116. The molecule has 0 amide bonds. The normalized spacial score (nSPS) is 14.5. The molecule has 1 aliphatic heterocycles. The number of anilines is 1. The second-order valence-corrected chi connectivity index (χ2v) is 5.83. The number of aromatic nitrogens is 3. The summed E-state index contributed by atoms with van der Waals surface area (Å²) in [6.07, 6.45) is 3.96. The second kappa shape index (κ2) is 5.93. The average molecular weight is 323 g/mol. The van der Waals surface area contributed by atoms with Crippen molar-refractivity contribution in [3.05, 3.63) is 63.9 Å². The van der Waals surface area contributed by atoms with Crippen molar-refractivity contribution in [1.29, 1.82) is 0 Å². The lowest BCUT2D eigenvalue weighted by molar-refractivity contribution is 0.242. The third-order valence-electron chi connectivity index (χ3n) is 4.22. The minimum Gasteiger partial charge on any atom is -0.461 e. The van der Waals surface area contributed by atoms with Crippen LogP contribution in [0.5, 0.6) is 0 Å². The lowest BCUT2D eigenvalue weighted by atomic mass is 10.1. The van der Waals surface area contributed by atoms with Crippen LogP contribution in [0, 0.1) is 0 Å². The molecule has 0 bridgehead atoms. The fraction of sp³-hybridized carbons (Fsp3) is 0.235. The number of rotatable bonds is 3. The summed E-state index contributed by atoms with van der Waals surface area (Å²) in [7, 11) is 0. The maximum Gasteiger partial charge on any atom is 0.256 e. The fourth-order valence-electron chi connectivity index (χ4n) is 2.97. The molecule has 0 unspecified atom stereocenters. The van der Waals surface area contributed by atoms with Crippen molar-refractivity contribution < 1.29 is 4.42 Å². The Bertz CT molecular complexity index is 917. The van der Waals surface area contributed by atoms with E-state index in [-0.39, 0.29) is 5.56 Å². The predicted octanol–water partition coefficient (Wildman–Crippen LogP) is 1.57. The van der Waals surface area contributed by atoms with E-state index in [1.54, 1.807) is 24.6 Å². The van der Waals surface area contributed by atoms with Crippen LogP contribution in [0.4, 0.5) is 5.82 Å². The maximum atomic E-state index is 12.4.